The van der Waals surface area contributed by atoms with Gasteiger partial charge in [-0.25, -0.2) is 8.42 Å². The maximum atomic E-state index is 12.5. The third kappa shape index (κ3) is 6.28. The zero-order valence-corrected chi connectivity index (χ0v) is 18.9. The molecule has 1 fully saturated rings. The van der Waals surface area contributed by atoms with E-state index in [2.05, 4.69) is 10.2 Å². The Balaban J connectivity index is 1.46. The monoisotopic (exact) mass is 461 g/mol. The molecule has 1 saturated heterocycles. The van der Waals surface area contributed by atoms with Crippen molar-refractivity contribution >= 4 is 33.3 Å². The van der Waals surface area contributed by atoms with Crippen molar-refractivity contribution in [1.29, 1.82) is 0 Å². The summed E-state index contributed by atoms with van der Waals surface area (Å²) in [6.45, 7) is 3.84. The van der Waals surface area contributed by atoms with Gasteiger partial charge in [0.1, 0.15) is 6.54 Å². The Morgan fingerprint density at radius 1 is 1.06 bits per heavy atom. The van der Waals surface area contributed by atoms with Crippen LogP contribution in [0.1, 0.15) is 5.56 Å². The minimum atomic E-state index is -3.83. The molecule has 172 valence electrons. The SMILES string of the molecule is Cc1ccc(S(=O)(=O)N(C)CC(=O)OCC(=O)Nc2ccc(N3CCOCC3)cc2)cc1. The van der Waals surface area contributed by atoms with E-state index in [9.17, 15) is 18.0 Å². The lowest BCUT2D eigenvalue weighted by atomic mass is 10.2. The van der Waals surface area contributed by atoms with Gasteiger partial charge in [0.25, 0.3) is 5.91 Å². The number of sulfonamides is 1. The molecule has 0 aliphatic carbocycles. The molecule has 2 aromatic rings. The molecule has 10 heteroatoms. The average molecular weight is 462 g/mol. The van der Waals surface area contributed by atoms with Crippen LogP contribution in [0.4, 0.5) is 11.4 Å². The zero-order chi connectivity index (χ0) is 23.1. The van der Waals surface area contributed by atoms with Gasteiger partial charge in [0.2, 0.25) is 10.0 Å². The lowest BCUT2D eigenvalue weighted by Gasteiger charge is -2.28. The van der Waals surface area contributed by atoms with Crippen LogP contribution in [0.3, 0.4) is 0 Å². The number of amides is 1. The number of carbonyl (C=O) groups is 2. The van der Waals surface area contributed by atoms with Crippen LogP contribution in [0.15, 0.2) is 53.4 Å². The molecule has 32 heavy (non-hydrogen) atoms. The fourth-order valence-corrected chi connectivity index (χ4v) is 4.24. The molecule has 1 N–H and O–H groups in total. The van der Waals surface area contributed by atoms with Crippen molar-refractivity contribution < 1.29 is 27.5 Å². The Morgan fingerprint density at radius 3 is 2.31 bits per heavy atom. The largest absolute Gasteiger partial charge is 0.455 e. The molecule has 0 spiro atoms. The topological polar surface area (TPSA) is 105 Å². The number of rotatable bonds is 8. The molecular weight excluding hydrogens is 434 g/mol. The van der Waals surface area contributed by atoms with E-state index in [1.165, 1.54) is 19.2 Å². The Labute approximate surface area is 188 Å². The molecule has 1 aliphatic heterocycles. The second-order valence-electron chi connectivity index (χ2n) is 7.43. The zero-order valence-electron chi connectivity index (χ0n) is 18.1. The minimum absolute atomic E-state index is 0.0802. The standard InChI is InChI=1S/C22H27N3O6S/c1-17-3-9-20(10-4-17)32(28,29)24(2)15-22(27)31-16-21(26)23-18-5-7-19(8-6-18)25-11-13-30-14-12-25/h3-10H,11-16H2,1-2H3,(H,23,26). The van der Waals surface area contributed by atoms with Crippen LogP contribution in [0.5, 0.6) is 0 Å². The normalized spacial score (nSPS) is 14.3. The summed E-state index contributed by atoms with van der Waals surface area (Å²) in [5, 5.41) is 2.65. The third-order valence-corrected chi connectivity index (χ3v) is 6.79. The highest BCUT2D eigenvalue weighted by atomic mass is 32.2. The van der Waals surface area contributed by atoms with Gasteiger partial charge in [0.15, 0.2) is 6.61 Å². The van der Waals surface area contributed by atoms with Crippen LogP contribution in [0.2, 0.25) is 0 Å². The minimum Gasteiger partial charge on any atom is -0.455 e. The smallest absolute Gasteiger partial charge is 0.321 e. The molecule has 1 amide bonds. The number of nitrogens with zero attached hydrogens (tertiary/aromatic N) is 2. The quantitative estimate of drug-likeness (QED) is 0.596. The number of morpholine rings is 1. The Bertz CT molecular complexity index is 1030. The van der Waals surface area contributed by atoms with Crippen molar-refractivity contribution in [2.24, 2.45) is 0 Å². The Hall–Kier alpha value is -2.95. The number of carbonyl (C=O) groups excluding carboxylic acids is 2. The van der Waals surface area contributed by atoms with Gasteiger partial charge in [-0.1, -0.05) is 17.7 Å². The van der Waals surface area contributed by atoms with Gasteiger partial charge in [-0.3, -0.25) is 9.59 Å². The first-order chi connectivity index (χ1) is 15.3. The summed E-state index contributed by atoms with van der Waals surface area (Å²) in [7, 11) is -2.55. The lowest BCUT2D eigenvalue weighted by molar-refractivity contribution is -0.147. The Kier molecular flexibility index (Phi) is 7.84. The molecule has 0 bridgehead atoms. The summed E-state index contributed by atoms with van der Waals surface area (Å²) >= 11 is 0. The van der Waals surface area contributed by atoms with Crippen molar-refractivity contribution in [2.45, 2.75) is 11.8 Å². The molecule has 3 rings (SSSR count). The molecule has 0 aromatic heterocycles. The van der Waals surface area contributed by atoms with Gasteiger partial charge >= 0.3 is 5.97 Å². The fourth-order valence-electron chi connectivity index (χ4n) is 3.12. The van der Waals surface area contributed by atoms with Gasteiger partial charge in [0.05, 0.1) is 18.1 Å². The molecule has 1 aliphatic rings. The van der Waals surface area contributed by atoms with Crippen LogP contribution in [-0.4, -0.2) is 71.1 Å². The van der Waals surface area contributed by atoms with Gasteiger partial charge in [-0.05, 0) is 43.3 Å². The summed E-state index contributed by atoms with van der Waals surface area (Å²) < 4.78 is 36.2. The van der Waals surface area contributed by atoms with Crippen molar-refractivity contribution in [3.8, 4) is 0 Å². The summed E-state index contributed by atoms with van der Waals surface area (Å²) in [4.78, 5) is 26.4. The number of ether oxygens (including phenoxy) is 2. The average Bonchev–Trinajstić information content (AvgIpc) is 2.79. The van der Waals surface area contributed by atoms with Crippen LogP contribution >= 0.6 is 0 Å². The first-order valence-electron chi connectivity index (χ1n) is 10.2. The highest BCUT2D eigenvalue weighted by Gasteiger charge is 2.23. The van der Waals surface area contributed by atoms with Crippen molar-refractivity contribution in [3.05, 3.63) is 54.1 Å². The van der Waals surface area contributed by atoms with E-state index in [1.54, 1.807) is 24.3 Å². The van der Waals surface area contributed by atoms with E-state index in [1.807, 2.05) is 19.1 Å². The van der Waals surface area contributed by atoms with E-state index < -0.39 is 35.1 Å². The van der Waals surface area contributed by atoms with Gasteiger partial charge in [0, 0.05) is 31.5 Å². The van der Waals surface area contributed by atoms with Crippen LogP contribution in [0, 0.1) is 6.92 Å². The van der Waals surface area contributed by atoms with Crippen LogP contribution < -0.4 is 10.2 Å². The number of esters is 1. The molecule has 0 atom stereocenters. The molecule has 0 unspecified atom stereocenters. The van der Waals surface area contributed by atoms with Gasteiger partial charge in [-0.2, -0.15) is 4.31 Å². The molecule has 0 saturated carbocycles. The highest BCUT2D eigenvalue weighted by Crippen LogP contribution is 2.19. The predicted molar refractivity (Wildman–Crippen MR) is 120 cm³/mol. The van der Waals surface area contributed by atoms with E-state index in [-0.39, 0.29) is 4.90 Å². The number of benzene rings is 2. The van der Waals surface area contributed by atoms with Gasteiger partial charge < -0.3 is 19.7 Å². The van der Waals surface area contributed by atoms with Crippen LogP contribution in [0.25, 0.3) is 0 Å². The second-order valence-corrected chi connectivity index (χ2v) is 9.47. The van der Waals surface area contributed by atoms with E-state index in [4.69, 9.17) is 9.47 Å². The third-order valence-electron chi connectivity index (χ3n) is 4.97. The maximum absolute atomic E-state index is 12.5. The summed E-state index contributed by atoms with van der Waals surface area (Å²) in [5.74, 6) is -1.33. The molecule has 9 nitrogen and oxygen atoms in total. The number of hydrogen-bond donors (Lipinski definition) is 1. The van der Waals surface area contributed by atoms with Crippen molar-refractivity contribution in [1.82, 2.24) is 4.31 Å². The number of hydrogen-bond acceptors (Lipinski definition) is 7. The number of aryl methyl sites for hydroxylation is 1. The molecular formula is C22H27N3O6S. The van der Waals surface area contributed by atoms with Crippen molar-refractivity contribution in [2.75, 3.05) is 56.7 Å². The van der Waals surface area contributed by atoms with Gasteiger partial charge in [-0.15, -0.1) is 0 Å². The number of likely N-dealkylation sites (N-methyl/N-ethyl adjacent to an activating group) is 1. The summed E-state index contributed by atoms with van der Waals surface area (Å²) in [6.07, 6.45) is 0. The van der Waals surface area contributed by atoms with E-state index >= 15 is 0 Å². The maximum Gasteiger partial charge on any atom is 0.321 e. The predicted octanol–water partition coefficient (Wildman–Crippen LogP) is 1.63. The fraction of sp³-hybridized carbons (Fsp3) is 0.364. The summed E-state index contributed by atoms with van der Waals surface area (Å²) in [6, 6.07) is 13.6. The van der Waals surface area contributed by atoms with Crippen molar-refractivity contribution in [3.63, 3.8) is 0 Å². The lowest BCUT2D eigenvalue weighted by Crippen LogP contribution is -2.36. The molecule has 2 aromatic carbocycles. The first-order valence-corrected chi connectivity index (χ1v) is 11.6. The van der Waals surface area contributed by atoms with E-state index in [0.717, 1.165) is 28.6 Å². The molecule has 0 radical (unpaired) electrons. The Morgan fingerprint density at radius 2 is 1.69 bits per heavy atom. The van der Waals surface area contributed by atoms with E-state index in [0.29, 0.717) is 18.9 Å². The van der Waals surface area contributed by atoms with Crippen LogP contribution in [-0.2, 0) is 29.1 Å². The number of nitrogens with one attached hydrogen (secondary N) is 1. The highest BCUT2D eigenvalue weighted by molar-refractivity contribution is 7.89. The number of anilines is 2. The first kappa shape index (κ1) is 23.7. The second kappa shape index (κ2) is 10.6. The molecule has 1 heterocycles. The summed E-state index contributed by atoms with van der Waals surface area (Å²) in [5.41, 5.74) is 2.53.